The van der Waals surface area contributed by atoms with Crippen molar-refractivity contribution in [3.8, 4) is 0 Å². The van der Waals surface area contributed by atoms with Crippen molar-refractivity contribution in [1.29, 1.82) is 0 Å². The molecule has 0 spiro atoms. The number of rotatable bonds is 4. The molecule has 1 fully saturated rings. The molecule has 0 amide bonds. The summed E-state index contributed by atoms with van der Waals surface area (Å²) in [7, 11) is 0. The Morgan fingerprint density at radius 3 is 2.67 bits per heavy atom. The zero-order valence-corrected chi connectivity index (χ0v) is 12.8. The number of aromatic nitrogens is 1. The number of nitrogens with zero attached hydrogens (tertiary/aromatic N) is 2. The third-order valence-electron chi connectivity index (χ3n) is 4.49. The van der Waals surface area contributed by atoms with E-state index < -0.39 is 5.60 Å². The van der Waals surface area contributed by atoms with E-state index in [9.17, 15) is 5.11 Å². The average Bonchev–Trinajstić information content (AvgIpc) is 2.50. The van der Waals surface area contributed by atoms with Gasteiger partial charge in [0.15, 0.2) is 0 Å². The van der Waals surface area contributed by atoms with Crippen molar-refractivity contribution in [2.45, 2.75) is 38.2 Å². The molecule has 1 N–H and O–H groups in total. The van der Waals surface area contributed by atoms with Gasteiger partial charge in [0.1, 0.15) is 0 Å². The lowest BCUT2D eigenvalue weighted by Gasteiger charge is -2.38. The number of hydrogen-bond donors (Lipinski definition) is 1. The molecule has 1 aromatic carbocycles. The number of benzene rings is 1. The maximum Gasteiger partial charge on any atom is 0.0727 e. The second-order valence-corrected chi connectivity index (χ2v) is 6.24. The van der Waals surface area contributed by atoms with Gasteiger partial charge in [-0.05, 0) is 37.9 Å². The molecule has 3 rings (SSSR count). The molecule has 1 aromatic heterocycles. The Morgan fingerprint density at radius 1 is 1.14 bits per heavy atom. The van der Waals surface area contributed by atoms with Crippen molar-refractivity contribution < 1.29 is 5.11 Å². The fourth-order valence-electron chi connectivity index (χ4n) is 3.23. The minimum atomic E-state index is -0.584. The van der Waals surface area contributed by atoms with Crippen molar-refractivity contribution in [1.82, 2.24) is 9.88 Å². The SMILES string of the molecule is CCCN1CCC(O)(Cc2ccc3ccccc3n2)CC1. The molecule has 0 bridgehead atoms. The van der Waals surface area contributed by atoms with Gasteiger partial charge in [-0.1, -0.05) is 31.2 Å². The lowest BCUT2D eigenvalue weighted by molar-refractivity contribution is -0.0211. The molecular formula is C18H24N2O. The zero-order chi connectivity index (χ0) is 14.7. The topological polar surface area (TPSA) is 36.4 Å². The Morgan fingerprint density at radius 2 is 1.90 bits per heavy atom. The van der Waals surface area contributed by atoms with Crippen LogP contribution in [-0.4, -0.2) is 40.2 Å². The third kappa shape index (κ3) is 3.42. The molecule has 1 aliphatic rings. The van der Waals surface area contributed by atoms with Gasteiger partial charge in [0.25, 0.3) is 0 Å². The first kappa shape index (κ1) is 14.5. The molecule has 0 saturated carbocycles. The van der Waals surface area contributed by atoms with Crippen LogP contribution < -0.4 is 0 Å². The highest BCUT2D eigenvalue weighted by molar-refractivity contribution is 5.78. The Bertz CT molecular complexity index is 603. The van der Waals surface area contributed by atoms with E-state index in [-0.39, 0.29) is 0 Å². The summed E-state index contributed by atoms with van der Waals surface area (Å²) in [5.74, 6) is 0. The van der Waals surface area contributed by atoms with E-state index in [2.05, 4.69) is 30.0 Å². The third-order valence-corrected chi connectivity index (χ3v) is 4.49. The molecular weight excluding hydrogens is 260 g/mol. The number of aliphatic hydroxyl groups is 1. The van der Waals surface area contributed by atoms with Crippen LogP contribution in [0.3, 0.4) is 0 Å². The van der Waals surface area contributed by atoms with E-state index in [1.54, 1.807) is 0 Å². The average molecular weight is 284 g/mol. The minimum absolute atomic E-state index is 0.584. The highest BCUT2D eigenvalue weighted by atomic mass is 16.3. The molecule has 3 heteroatoms. The fourth-order valence-corrected chi connectivity index (χ4v) is 3.23. The monoisotopic (exact) mass is 284 g/mol. The molecule has 21 heavy (non-hydrogen) atoms. The van der Waals surface area contributed by atoms with Crippen LogP contribution in [0.15, 0.2) is 36.4 Å². The molecule has 3 nitrogen and oxygen atoms in total. The van der Waals surface area contributed by atoms with E-state index in [0.717, 1.165) is 49.1 Å². The van der Waals surface area contributed by atoms with Gasteiger partial charge in [-0.15, -0.1) is 0 Å². The van der Waals surface area contributed by atoms with Gasteiger partial charge in [-0.2, -0.15) is 0 Å². The molecule has 2 heterocycles. The van der Waals surface area contributed by atoms with Crippen LogP contribution >= 0.6 is 0 Å². The van der Waals surface area contributed by atoms with Crippen molar-refractivity contribution in [3.05, 3.63) is 42.1 Å². The van der Waals surface area contributed by atoms with E-state index >= 15 is 0 Å². The molecule has 0 aliphatic carbocycles. The highest BCUT2D eigenvalue weighted by Crippen LogP contribution is 2.26. The summed E-state index contributed by atoms with van der Waals surface area (Å²) < 4.78 is 0. The number of likely N-dealkylation sites (tertiary alicyclic amines) is 1. The van der Waals surface area contributed by atoms with Gasteiger partial charge < -0.3 is 10.0 Å². The smallest absolute Gasteiger partial charge is 0.0727 e. The number of fused-ring (bicyclic) bond motifs is 1. The number of piperidine rings is 1. The molecule has 112 valence electrons. The van der Waals surface area contributed by atoms with Gasteiger partial charge in [-0.3, -0.25) is 4.98 Å². The Hall–Kier alpha value is -1.45. The Balaban J connectivity index is 1.70. The maximum absolute atomic E-state index is 10.8. The fraction of sp³-hybridized carbons (Fsp3) is 0.500. The first-order chi connectivity index (χ1) is 10.2. The van der Waals surface area contributed by atoms with Crippen LogP contribution in [0.25, 0.3) is 10.9 Å². The summed E-state index contributed by atoms with van der Waals surface area (Å²) >= 11 is 0. The molecule has 2 aromatic rings. The lowest BCUT2D eigenvalue weighted by atomic mass is 9.86. The van der Waals surface area contributed by atoms with Crippen LogP contribution in [0, 0.1) is 0 Å². The molecule has 1 saturated heterocycles. The van der Waals surface area contributed by atoms with Gasteiger partial charge in [-0.25, -0.2) is 0 Å². The van der Waals surface area contributed by atoms with E-state index in [1.165, 1.54) is 6.42 Å². The van der Waals surface area contributed by atoms with Crippen LogP contribution in [0.5, 0.6) is 0 Å². The second-order valence-electron chi connectivity index (χ2n) is 6.24. The minimum Gasteiger partial charge on any atom is -0.389 e. The summed E-state index contributed by atoms with van der Waals surface area (Å²) in [5, 5.41) is 12.0. The standard InChI is InChI=1S/C18H24N2O/c1-2-11-20-12-9-18(21,10-13-20)14-16-8-7-15-5-3-4-6-17(15)19-16/h3-8,21H,2,9-14H2,1H3. The number of pyridine rings is 1. The molecule has 0 radical (unpaired) electrons. The predicted molar refractivity (Wildman–Crippen MR) is 86.4 cm³/mol. The second kappa shape index (κ2) is 6.12. The molecule has 1 aliphatic heterocycles. The first-order valence-corrected chi connectivity index (χ1v) is 7.98. The summed E-state index contributed by atoms with van der Waals surface area (Å²) in [6, 6.07) is 12.3. The first-order valence-electron chi connectivity index (χ1n) is 7.98. The van der Waals surface area contributed by atoms with Crippen molar-refractivity contribution in [3.63, 3.8) is 0 Å². The number of para-hydroxylation sites is 1. The normalized spacial score (nSPS) is 19.0. The Kier molecular flexibility index (Phi) is 4.22. The Labute approximate surface area is 126 Å². The summed E-state index contributed by atoms with van der Waals surface area (Å²) in [6.45, 7) is 5.35. The van der Waals surface area contributed by atoms with Gasteiger partial charge in [0, 0.05) is 30.6 Å². The van der Waals surface area contributed by atoms with Crippen molar-refractivity contribution in [2.24, 2.45) is 0 Å². The molecule has 0 atom stereocenters. The van der Waals surface area contributed by atoms with E-state index in [0.29, 0.717) is 6.42 Å². The number of hydrogen-bond acceptors (Lipinski definition) is 3. The van der Waals surface area contributed by atoms with Crippen LogP contribution in [0.1, 0.15) is 31.9 Å². The van der Waals surface area contributed by atoms with Crippen molar-refractivity contribution >= 4 is 10.9 Å². The summed E-state index contributed by atoms with van der Waals surface area (Å²) in [5.41, 5.74) is 1.43. The van der Waals surface area contributed by atoms with Crippen LogP contribution in [0.4, 0.5) is 0 Å². The zero-order valence-electron chi connectivity index (χ0n) is 12.8. The van der Waals surface area contributed by atoms with Crippen LogP contribution in [0.2, 0.25) is 0 Å². The molecule has 0 unspecified atom stereocenters. The van der Waals surface area contributed by atoms with Gasteiger partial charge >= 0.3 is 0 Å². The van der Waals surface area contributed by atoms with Crippen molar-refractivity contribution in [2.75, 3.05) is 19.6 Å². The maximum atomic E-state index is 10.8. The largest absolute Gasteiger partial charge is 0.389 e. The quantitative estimate of drug-likeness (QED) is 0.937. The lowest BCUT2D eigenvalue weighted by Crippen LogP contribution is -2.45. The van der Waals surface area contributed by atoms with Gasteiger partial charge in [0.2, 0.25) is 0 Å². The van der Waals surface area contributed by atoms with Gasteiger partial charge in [0.05, 0.1) is 11.1 Å². The predicted octanol–water partition coefficient (Wildman–Crippen LogP) is 3.01. The van der Waals surface area contributed by atoms with E-state index in [1.807, 2.05) is 18.2 Å². The summed E-state index contributed by atoms with van der Waals surface area (Å²) in [6.07, 6.45) is 3.55. The summed E-state index contributed by atoms with van der Waals surface area (Å²) in [4.78, 5) is 7.14. The highest BCUT2D eigenvalue weighted by Gasteiger charge is 2.32. The van der Waals surface area contributed by atoms with E-state index in [4.69, 9.17) is 4.98 Å². The van der Waals surface area contributed by atoms with Crippen LogP contribution in [-0.2, 0) is 6.42 Å².